The highest BCUT2D eigenvalue weighted by atomic mass is 32.2. The van der Waals surface area contributed by atoms with Crippen LogP contribution in [-0.2, 0) is 10.0 Å². The van der Waals surface area contributed by atoms with Crippen molar-refractivity contribution in [1.82, 2.24) is 10.0 Å². The third-order valence-electron chi connectivity index (χ3n) is 4.00. The van der Waals surface area contributed by atoms with Gasteiger partial charge in [0.2, 0.25) is 10.0 Å². The topological polar surface area (TPSA) is 93.7 Å². The van der Waals surface area contributed by atoms with E-state index in [9.17, 15) is 13.2 Å². The molecule has 0 bridgehead atoms. The van der Waals surface area contributed by atoms with Crippen LogP contribution < -0.4 is 19.5 Å². The Morgan fingerprint density at radius 2 is 1.72 bits per heavy atom. The summed E-state index contributed by atoms with van der Waals surface area (Å²) in [6, 6.07) is 9.91. The van der Waals surface area contributed by atoms with E-state index in [2.05, 4.69) is 10.0 Å². The summed E-state index contributed by atoms with van der Waals surface area (Å²) in [7, 11) is -2.38. The van der Waals surface area contributed by atoms with Crippen molar-refractivity contribution in [3.05, 3.63) is 53.1 Å². The third-order valence-corrected chi connectivity index (χ3v) is 5.46. The molecule has 0 saturated heterocycles. The number of carbonyl (C=O) groups is 1. The summed E-state index contributed by atoms with van der Waals surface area (Å²) < 4.78 is 38.5. The first kappa shape index (κ1) is 22.7. The molecular formula is C21H28N2O5S. The summed E-state index contributed by atoms with van der Waals surface area (Å²) in [5.41, 5.74) is 2.31. The molecule has 158 valence electrons. The molecule has 0 saturated carbocycles. The Morgan fingerprint density at radius 3 is 2.31 bits per heavy atom. The Balaban J connectivity index is 2.07. The monoisotopic (exact) mass is 420 g/mol. The van der Waals surface area contributed by atoms with Crippen molar-refractivity contribution < 1.29 is 22.7 Å². The average Bonchev–Trinajstić information content (AvgIpc) is 2.63. The van der Waals surface area contributed by atoms with E-state index in [1.165, 1.54) is 25.3 Å². The van der Waals surface area contributed by atoms with Crippen LogP contribution in [0.1, 0.15) is 35.3 Å². The summed E-state index contributed by atoms with van der Waals surface area (Å²) in [5, 5.41) is 2.74. The molecule has 2 aromatic rings. The number of hydrogen-bond acceptors (Lipinski definition) is 5. The van der Waals surface area contributed by atoms with E-state index in [0.717, 1.165) is 11.1 Å². The number of aryl methyl sites for hydroxylation is 2. The minimum Gasteiger partial charge on any atom is -0.496 e. The minimum atomic E-state index is -3.81. The maximum absolute atomic E-state index is 12.6. The fourth-order valence-electron chi connectivity index (χ4n) is 2.82. The van der Waals surface area contributed by atoms with Gasteiger partial charge in [-0.3, -0.25) is 4.79 Å². The Kier molecular flexibility index (Phi) is 7.64. The number of nitrogens with one attached hydrogen (secondary N) is 2. The molecule has 0 aromatic heterocycles. The van der Waals surface area contributed by atoms with Crippen LogP contribution >= 0.6 is 0 Å². The van der Waals surface area contributed by atoms with Gasteiger partial charge in [0, 0.05) is 12.6 Å². The maximum Gasteiger partial charge on any atom is 0.255 e. The molecule has 0 radical (unpaired) electrons. The molecule has 2 rings (SSSR count). The van der Waals surface area contributed by atoms with Gasteiger partial charge in [0.25, 0.3) is 5.91 Å². The molecule has 0 fully saturated rings. The van der Waals surface area contributed by atoms with Crippen LogP contribution in [0.25, 0.3) is 0 Å². The maximum atomic E-state index is 12.6. The molecule has 0 unspecified atom stereocenters. The van der Waals surface area contributed by atoms with Gasteiger partial charge < -0.3 is 14.8 Å². The molecule has 0 aliphatic carbocycles. The van der Waals surface area contributed by atoms with Crippen LogP contribution in [0.4, 0.5) is 0 Å². The molecule has 2 N–H and O–H groups in total. The summed E-state index contributed by atoms with van der Waals surface area (Å²) in [6.07, 6.45) is 0. The Labute approximate surface area is 172 Å². The lowest BCUT2D eigenvalue weighted by Crippen LogP contribution is -2.31. The lowest BCUT2D eigenvalue weighted by Gasteiger charge is -2.14. The van der Waals surface area contributed by atoms with Crippen LogP contribution in [0.2, 0.25) is 0 Å². The van der Waals surface area contributed by atoms with E-state index >= 15 is 0 Å². The Hall–Kier alpha value is -2.58. The van der Waals surface area contributed by atoms with E-state index in [-0.39, 0.29) is 29.7 Å². The Morgan fingerprint density at radius 1 is 1.07 bits per heavy atom. The number of rotatable bonds is 9. The van der Waals surface area contributed by atoms with Crippen molar-refractivity contribution in [2.75, 3.05) is 20.3 Å². The first-order valence-corrected chi connectivity index (χ1v) is 10.8. The van der Waals surface area contributed by atoms with Crippen LogP contribution in [0, 0.1) is 13.8 Å². The first-order chi connectivity index (χ1) is 13.6. The highest BCUT2D eigenvalue weighted by molar-refractivity contribution is 7.89. The normalized spacial score (nSPS) is 11.4. The highest BCUT2D eigenvalue weighted by Gasteiger charge is 2.20. The van der Waals surface area contributed by atoms with Crippen LogP contribution in [0.15, 0.2) is 41.3 Å². The number of amides is 1. The van der Waals surface area contributed by atoms with E-state index in [4.69, 9.17) is 9.47 Å². The van der Waals surface area contributed by atoms with E-state index in [0.29, 0.717) is 11.5 Å². The Bertz CT molecular complexity index is 951. The van der Waals surface area contributed by atoms with Crippen molar-refractivity contribution in [3.8, 4) is 11.5 Å². The number of benzene rings is 2. The molecule has 0 spiro atoms. The second-order valence-corrected chi connectivity index (χ2v) is 8.83. The molecule has 2 aromatic carbocycles. The fraction of sp³-hybridized carbons (Fsp3) is 0.381. The number of hydrogen-bond donors (Lipinski definition) is 2. The summed E-state index contributed by atoms with van der Waals surface area (Å²) in [6.45, 7) is 7.86. The van der Waals surface area contributed by atoms with E-state index in [1.807, 2.05) is 45.9 Å². The zero-order valence-corrected chi connectivity index (χ0v) is 18.2. The second-order valence-electron chi connectivity index (χ2n) is 7.06. The minimum absolute atomic E-state index is 0.0152. The van der Waals surface area contributed by atoms with Crippen molar-refractivity contribution >= 4 is 15.9 Å². The van der Waals surface area contributed by atoms with Gasteiger partial charge in [0.15, 0.2) is 0 Å². The first-order valence-electron chi connectivity index (χ1n) is 9.32. The molecule has 1 amide bonds. The largest absolute Gasteiger partial charge is 0.496 e. The van der Waals surface area contributed by atoms with Gasteiger partial charge in [0.05, 0.1) is 17.6 Å². The fourth-order valence-corrected chi connectivity index (χ4v) is 3.86. The van der Waals surface area contributed by atoms with Crippen molar-refractivity contribution in [2.45, 2.75) is 38.6 Å². The molecule has 8 heteroatoms. The van der Waals surface area contributed by atoms with Gasteiger partial charge in [0.1, 0.15) is 18.1 Å². The third kappa shape index (κ3) is 6.47. The lowest BCUT2D eigenvalue weighted by molar-refractivity contribution is 0.0940. The van der Waals surface area contributed by atoms with Gasteiger partial charge >= 0.3 is 0 Å². The molecule has 7 nitrogen and oxygen atoms in total. The average molecular weight is 421 g/mol. The number of carbonyl (C=O) groups excluding carboxylic acids is 1. The quantitative estimate of drug-likeness (QED) is 0.609. The van der Waals surface area contributed by atoms with Crippen molar-refractivity contribution in [2.24, 2.45) is 0 Å². The standard InChI is InChI=1S/C21H28N2O5S/c1-14(2)23-21(24)19-13-18(6-7-20(19)27-5)29(25,26)22-8-9-28-17-11-15(3)10-16(4)12-17/h6-7,10-14,22H,8-9H2,1-5H3,(H,23,24). The second kappa shape index (κ2) is 9.76. The zero-order valence-electron chi connectivity index (χ0n) is 17.4. The van der Waals surface area contributed by atoms with Gasteiger partial charge in [-0.05, 0) is 69.2 Å². The molecule has 0 aliphatic heterocycles. The predicted molar refractivity (Wildman–Crippen MR) is 112 cm³/mol. The van der Waals surface area contributed by atoms with Gasteiger partial charge in [-0.25, -0.2) is 13.1 Å². The molecule has 0 aliphatic rings. The van der Waals surface area contributed by atoms with Crippen LogP contribution in [0.5, 0.6) is 11.5 Å². The van der Waals surface area contributed by atoms with E-state index in [1.54, 1.807) is 0 Å². The highest BCUT2D eigenvalue weighted by Crippen LogP contribution is 2.22. The van der Waals surface area contributed by atoms with Crippen LogP contribution in [-0.4, -0.2) is 40.6 Å². The number of ether oxygens (including phenoxy) is 2. The van der Waals surface area contributed by atoms with E-state index < -0.39 is 15.9 Å². The SMILES string of the molecule is COc1ccc(S(=O)(=O)NCCOc2cc(C)cc(C)c2)cc1C(=O)NC(C)C. The summed E-state index contributed by atoms with van der Waals surface area (Å²) >= 11 is 0. The van der Waals surface area contributed by atoms with Crippen LogP contribution in [0.3, 0.4) is 0 Å². The zero-order chi connectivity index (χ0) is 21.6. The lowest BCUT2D eigenvalue weighted by atomic mass is 10.1. The van der Waals surface area contributed by atoms with Gasteiger partial charge in [-0.2, -0.15) is 0 Å². The van der Waals surface area contributed by atoms with Gasteiger partial charge in [-0.15, -0.1) is 0 Å². The molecule has 29 heavy (non-hydrogen) atoms. The molecular weight excluding hydrogens is 392 g/mol. The number of sulfonamides is 1. The van der Waals surface area contributed by atoms with Crippen molar-refractivity contribution in [3.63, 3.8) is 0 Å². The number of methoxy groups -OCH3 is 1. The predicted octanol–water partition coefficient (Wildman–Crippen LogP) is 2.81. The summed E-state index contributed by atoms with van der Waals surface area (Å²) in [5.74, 6) is 0.603. The molecule has 0 heterocycles. The van der Waals surface area contributed by atoms with Crippen molar-refractivity contribution in [1.29, 1.82) is 0 Å². The van der Waals surface area contributed by atoms with Gasteiger partial charge in [-0.1, -0.05) is 6.07 Å². The molecule has 0 atom stereocenters. The summed E-state index contributed by atoms with van der Waals surface area (Å²) in [4.78, 5) is 12.3. The smallest absolute Gasteiger partial charge is 0.255 e.